The second kappa shape index (κ2) is 4.45. The topological polar surface area (TPSA) is 41.6 Å². The zero-order chi connectivity index (χ0) is 11.4. The van der Waals surface area contributed by atoms with Gasteiger partial charge in [0.05, 0.1) is 17.5 Å². The SMILES string of the molecule is Cc1nn(-c2ccccc2)cc1C=CC#N. The Hall–Kier alpha value is -2.34. The molecular formula is C13H11N3. The van der Waals surface area contributed by atoms with Crippen LogP contribution in [0.4, 0.5) is 0 Å². The molecule has 0 aliphatic rings. The number of rotatable bonds is 2. The van der Waals surface area contributed by atoms with Crippen molar-refractivity contribution in [2.75, 3.05) is 0 Å². The highest BCUT2D eigenvalue weighted by molar-refractivity contribution is 5.54. The number of aromatic nitrogens is 2. The normalized spacial score (nSPS) is 10.5. The van der Waals surface area contributed by atoms with Gasteiger partial charge in [0.25, 0.3) is 0 Å². The molecule has 0 saturated heterocycles. The highest BCUT2D eigenvalue weighted by Crippen LogP contribution is 2.12. The molecule has 2 aromatic rings. The van der Waals surface area contributed by atoms with Crippen molar-refractivity contribution >= 4 is 6.08 Å². The summed E-state index contributed by atoms with van der Waals surface area (Å²) in [5.41, 5.74) is 2.89. The Morgan fingerprint density at radius 2 is 2.06 bits per heavy atom. The van der Waals surface area contributed by atoms with Crippen LogP contribution in [0.1, 0.15) is 11.3 Å². The lowest BCUT2D eigenvalue weighted by Gasteiger charge is -1.98. The summed E-state index contributed by atoms with van der Waals surface area (Å²) < 4.78 is 1.81. The van der Waals surface area contributed by atoms with E-state index in [-0.39, 0.29) is 0 Å². The van der Waals surface area contributed by atoms with Crippen LogP contribution in [-0.4, -0.2) is 9.78 Å². The number of hydrogen-bond donors (Lipinski definition) is 0. The summed E-state index contributed by atoms with van der Waals surface area (Å²) in [5, 5.41) is 12.9. The van der Waals surface area contributed by atoms with E-state index in [4.69, 9.17) is 5.26 Å². The number of nitriles is 1. The Labute approximate surface area is 94.3 Å². The average molecular weight is 209 g/mol. The molecule has 3 nitrogen and oxygen atoms in total. The minimum Gasteiger partial charge on any atom is -0.240 e. The van der Waals surface area contributed by atoms with Crippen molar-refractivity contribution in [3.63, 3.8) is 0 Å². The molecule has 1 heterocycles. The fourth-order valence-electron chi connectivity index (χ4n) is 1.48. The minimum absolute atomic E-state index is 0.912. The van der Waals surface area contributed by atoms with Gasteiger partial charge in [-0.25, -0.2) is 4.68 Å². The fraction of sp³-hybridized carbons (Fsp3) is 0.0769. The molecular weight excluding hydrogens is 198 g/mol. The van der Waals surface area contributed by atoms with Crippen molar-refractivity contribution in [3.05, 3.63) is 53.9 Å². The van der Waals surface area contributed by atoms with Crippen LogP contribution in [0.15, 0.2) is 42.6 Å². The molecule has 3 heteroatoms. The molecule has 0 aliphatic heterocycles. The summed E-state index contributed by atoms with van der Waals surface area (Å²) in [6.07, 6.45) is 5.14. The lowest BCUT2D eigenvalue weighted by molar-refractivity contribution is 0.863. The number of benzene rings is 1. The highest BCUT2D eigenvalue weighted by Gasteiger charge is 2.02. The number of para-hydroxylation sites is 1. The van der Waals surface area contributed by atoms with Gasteiger partial charge in [-0.15, -0.1) is 0 Å². The van der Waals surface area contributed by atoms with Gasteiger partial charge < -0.3 is 0 Å². The molecule has 1 aromatic heterocycles. The number of nitrogens with zero attached hydrogens (tertiary/aromatic N) is 3. The molecule has 0 bridgehead atoms. The van der Waals surface area contributed by atoms with Gasteiger partial charge in [0.1, 0.15) is 0 Å². The van der Waals surface area contributed by atoms with E-state index in [9.17, 15) is 0 Å². The molecule has 2 rings (SSSR count). The molecule has 16 heavy (non-hydrogen) atoms. The standard InChI is InChI=1S/C13H11N3/c1-11-12(6-5-9-14)10-16(15-11)13-7-3-2-4-8-13/h2-8,10H,1H3. The minimum atomic E-state index is 0.912. The molecule has 0 aliphatic carbocycles. The Kier molecular flexibility index (Phi) is 2.84. The highest BCUT2D eigenvalue weighted by atomic mass is 15.3. The Bertz CT molecular complexity index is 544. The molecule has 0 unspecified atom stereocenters. The first kappa shape index (κ1) is 10.2. The first-order valence-corrected chi connectivity index (χ1v) is 4.99. The van der Waals surface area contributed by atoms with Gasteiger partial charge in [0.2, 0.25) is 0 Å². The van der Waals surface area contributed by atoms with Crippen LogP contribution in [0.2, 0.25) is 0 Å². The third kappa shape index (κ3) is 2.01. The van der Waals surface area contributed by atoms with Crippen LogP contribution in [0.3, 0.4) is 0 Å². The third-order valence-electron chi connectivity index (χ3n) is 2.30. The average Bonchev–Trinajstić information content (AvgIpc) is 2.69. The molecule has 0 atom stereocenters. The van der Waals surface area contributed by atoms with E-state index in [1.165, 1.54) is 6.08 Å². The zero-order valence-corrected chi connectivity index (χ0v) is 8.96. The quantitative estimate of drug-likeness (QED) is 0.713. The molecule has 0 spiro atoms. The Morgan fingerprint density at radius 1 is 1.31 bits per heavy atom. The molecule has 0 fully saturated rings. The third-order valence-corrected chi connectivity index (χ3v) is 2.30. The maximum absolute atomic E-state index is 8.48. The van der Waals surface area contributed by atoms with Gasteiger partial charge >= 0.3 is 0 Å². The predicted octanol–water partition coefficient (Wildman–Crippen LogP) is 2.72. The van der Waals surface area contributed by atoms with E-state index < -0.39 is 0 Å². The van der Waals surface area contributed by atoms with Crippen molar-refractivity contribution in [1.82, 2.24) is 9.78 Å². The summed E-state index contributed by atoms with van der Waals surface area (Å²) in [4.78, 5) is 0. The van der Waals surface area contributed by atoms with E-state index in [1.807, 2.05) is 54.2 Å². The van der Waals surface area contributed by atoms with Gasteiger partial charge in [0.15, 0.2) is 0 Å². The van der Waals surface area contributed by atoms with E-state index in [2.05, 4.69) is 5.10 Å². The first-order chi connectivity index (χ1) is 7.81. The first-order valence-electron chi connectivity index (χ1n) is 4.99. The molecule has 0 radical (unpaired) electrons. The Balaban J connectivity index is 2.39. The molecule has 0 amide bonds. The fourth-order valence-corrected chi connectivity index (χ4v) is 1.48. The summed E-state index contributed by atoms with van der Waals surface area (Å²) in [6, 6.07) is 11.9. The second-order valence-corrected chi connectivity index (χ2v) is 3.41. The van der Waals surface area contributed by atoms with Gasteiger partial charge in [-0.3, -0.25) is 0 Å². The van der Waals surface area contributed by atoms with Gasteiger partial charge in [-0.2, -0.15) is 10.4 Å². The molecule has 0 N–H and O–H groups in total. The molecule has 78 valence electrons. The van der Waals surface area contributed by atoms with Crippen LogP contribution in [0, 0.1) is 18.3 Å². The number of allylic oxidation sites excluding steroid dienone is 1. The van der Waals surface area contributed by atoms with Crippen molar-refractivity contribution in [3.8, 4) is 11.8 Å². The molecule has 1 aromatic carbocycles. The van der Waals surface area contributed by atoms with Crippen LogP contribution < -0.4 is 0 Å². The van der Waals surface area contributed by atoms with Gasteiger partial charge in [-0.1, -0.05) is 18.2 Å². The summed E-state index contributed by atoms with van der Waals surface area (Å²) in [7, 11) is 0. The van der Waals surface area contributed by atoms with Gasteiger partial charge in [-0.05, 0) is 25.1 Å². The van der Waals surface area contributed by atoms with Crippen LogP contribution in [0.25, 0.3) is 11.8 Å². The predicted molar refractivity (Wildman–Crippen MR) is 62.9 cm³/mol. The van der Waals surface area contributed by atoms with E-state index in [0.717, 1.165) is 16.9 Å². The van der Waals surface area contributed by atoms with Crippen molar-refractivity contribution in [1.29, 1.82) is 5.26 Å². The van der Waals surface area contributed by atoms with Crippen molar-refractivity contribution < 1.29 is 0 Å². The van der Waals surface area contributed by atoms with Crippen molar-refractivity contribution in [2.45, 2.75) is 6.92 Å². The monoisotopic (exact) mass is 209 g/mol. The smallest absolute Gasteiger partial charge is 0.0912 e. The summed E-state index contributed by atoms with van der Waals surface area (Å²) in [6.45, 7) is 1.93. The number of hydrogen-bond acceptors (Lipinski definition) is 2. The summed E-state index contributed by atoms with van der Waals surface area (Å²) in [5.74, 6) is 0. The largest absolute Gasteiger partial charge is 0.240 e. The summed E-state index contributed by atoms with van der Waals surface area (Å²) >= 11 is 0. The number of aryl methyl sites for hydroxylation is 1. The lowest BCUT2D eigenvalue weighted by atomic mass is 10.2. The Morgan fingerprint density at radius 3 is 2.75 bits per heavy atom. The van der Waals surface area contributed by atoms with Crippen LogP contribution in [-0.2, 0) is 0 Å². The zero-order valence-electron chi connectivity index (χ0n) is 8.96. The maximum Gasteiger partial charge on any atom is 0.0912 e. The van der Waals surface area contributed by atoms with E-state index in [1.54, 1.807) is 6.08 Å². The van der Waals surface area contributed by atoms with Gasteiger partial charge in [0, 0.05) is 17.8 Å². The van der Waals surface area contributed by atoms with Crippen molar-refractivity contribution in [2.24, 2.45) is 0 Å². The lowest BCUT2D eigenvalue weighted by Crippen LogP contribution is -1.93. The van der Waals surface area contributed by atoms with E-state index in [0.29, 0.717) is 0 Å². The molecule has 0 saturated carbocycles. The van der Waals surface area contributed by atoms with Crippen LogP contribution >= 0.6 is 0 Å². The van der Waals surface area contributed by atoms with Crippen LogP contribution in [0.5, 0.6) is 0 Å². The second-order valence-electron chi connectivity index (χ2n) is 3.41. The maximum atomic E-state index is 8.48. The van der Waals surface area contributed by atoms with E-state index >= 15 is 0 Å².